The molecular formula is C16H12BN2O4. The van der Waals surface area contributed by atoms with Crippen LogP contribution in [0.4, 0.5) is 0 Å². The van der Waals surface area contributed by atoms with Crippen LogP contribution in [0.2, 0.25) is 0 Å². The number of rotatable bonds is 6. The maximum Gasteiger partial charge on any atom is 0.658 e. The number of ether oxygens (including phenoxy) is 2. The van der Waals surface area contributed by atoms with E-state index >= 15 is 0 Å². The molecule has 0 saturated carbocycles. The lowest BCUT2D eigenvalue weighted by Gasteiger charge is -2.10. The third-order valence-electron chi connectivity index (χ3n) is 2.96. The fourth-order valence-electron chi connectivity index (χ4n) is 1.81. The van der Waals surface area contributed by atoms with Gasteiger partial charge in [-0.1, -0.05) is 0 Å². The lowest BCUT2D eigenvalue weighted by Crippen LogP contribution is -2.11. The Morgan fingerprint density at radius 2 is 1.22 bits per heavy atom. The van der Waals surface area contributed by atoms with Crippen molar-refractivity contribution in [3.05, 3.63) is 47.5 Å². The van der Waals surface area contributed by atoms with Gasteiger partial charge in [0, 0.05) is 12.1 Å². The standard InChI is InChI=1S/C16H12BN2O4/c1-20-15-7-13(5-3-11(15)9-18)22-17-23-14-6-4-12(10-19)16(8-14)21-2/h3-8H,1-2H3. The van der Waals surface area contributed by atoms with Crippen LogP contribution in [0.3, 0.4) is 0 Å². The maximum absolute atomic E-state index is 8.92. The first-order valence-electron chi connectivity index (χ1n) is 6.53. The summed E-state index contributed by atoms with van der Waals surface area (Å²) in [6.07, 6.45) is 0. The molecule has 113 valence electrons. The molecule has 23 heavy (non-hydrogen) atoms. The van der Waals surface area contributed by atoms with Crippen LogP contribution in [0.25, 0.3) is 0 Å². The van der Waals surface area contributed by atoms with Crippen LogP contribution >= 0.6 is 0 Å². The van der Waals surface area contributed by atoms with Gasteiger partial charge in [0.05, 0.1) is 25.3 Å². The van der Waals surface area contributed by atoms with Crippen LogP contribution < -0.4 is 18.8 Å². The van der Waals surface area contributed by atoms with Gasteiger partial charge in [-0.15, -0.1) is 0 Å². The minimum atomic E-state index is 0.414. The van der Waals surface area contributed by atoms with Crippen LogP contribution in [-0.4, -0.2) is 21.9 Å². The lowest BCUT2D eigenvalue weighted by atomic mass is 10.2. The van der Waals surface area contributed by atoms with Gasteiger partial charge in [-0.25, -0.2) is 0 Å². The highest BCUT2D eigenvalue weighted by atomic mass is 16.6. The molecular weight excluding hydrogens is 295 g/mol. The van der Waals surface area contributed by atoms with Crippen molar-refractivity contribution < 1.29 is 18.8 Å². The average molecular weight is 307 g/mol. The zero-order chi connectivity index (χ0) is 16.7. The molecule has 0 atom stereocenters. The summed E-state index contributed by atoms with van der Waals surface area (Å²) in [4.78, 5) is 0. The minimum Gasteiger partial charge on any atom is -0.526 e. The van der Waals surface area contributed by atoms with Crippen LogP contribution in [0.15, 0.2) is 36.4 Å². The van der Waals surface area contributed by atoms with Crippen molar-refractivity contribution in [2.45, 2.75) is 0 Å². The third kappa shape index (κ3) is 3.87. The molecule has 0 unspecified atom stereocenters. The van der Waals surface area contributed by atoms with E-state index in [1.807, 2.05) is 12.1 Å². The predicted molar refractivity (Wildman–Crippen MR) is 82.4 cm³/mol. The minimum absolute atomic E-state index is 0.414. The molecule has 0 heterocycles. The van der Waals surface area contributed by atoms with Crippen molar-refractivity contribution >= 4 is 7.69 Å². The highest BCUT2D eigenvalue weighted by Crippen LogP contribution is 2.25. The number of nitriles is 2. The van der Waals surface area contributed by atoms with Gasteiger partial charge < -0.3 is 18.8 Å². The lowest BCUT2D eigenvalue weighted by molar-refractivity contribution is 0.405. The van der Waals surface area contributed by atoms with Crippen molar-refractivity contribution in [3.8, 4) is 35.1 Å². The van der Waals surface area contributed by atoms with Gasteiger partial charge in [-0.05, 0) is 24.3 Å². The summed E-state index contributed by atoms with van der Waals surface area (Å²) in [7, 11) is 4.09. The predicted octanol–water partition coefficient (Wildman–Crippen LogP) is 2.44. The number of nitrogens with zero attached hydrogens (tertiary/aromatic N) is 2. The second kappa shape index (κ2) is 7.62. The third-order valence-corrected chi connectivity index (χ3v) is 2.96. The number of benzene rings is 2. The number of methoxy groups -OCH3 is 2. The van der Waals surface area contributed by atoms with E-state index in [0.29, 0.717) is 34.1 Å². The van der Waals surface area contributed by atoms with Crippen molar-refractivity contribution in [2.24, 2.45) is 0 Å². The van der Waals surface area contributed by atoms with E-state index in [-0.39, 0.29) is 0 Å². The quantitative estimate of drug-likeness (QED) is 0.762. The molecule has 0 spiro atoms. The highest BCUT2D eigenvalue weighted by molar-refractivity contribution is 6.20. The van der Waals surface area contributed by atoms with Crippen molar-refractivity contribution in [1.29, 1.82) is 10.5 Å². The van der Waals surface area contributed by atoms with Gasteiger partial charge in [0.25, 0.3) is 0 Å². The molecule has 6 nitrogen and oxygen atoms in total. The molecule has 0 saturated heterocycles. The first-order chi connectivity index (χ1) is 11.2. The molecule has 0 fully saturated rings. The topological polar surface area (TPSA) is 84.5 Å². The summed E-state index contributed by atoms with van der Waals surface area (Å²) in [5.41, 5.74) is 0.829. The average Bonchev–Trinajstić information content (AvgIpc) is 2.61. The Kier molecular flexibility index (Phi) is 5.32. The normalized spacial score (nSPS) is 9.22. The maximum atomic E-state index is 8.92. The summed E-state index contributed by atoms with van der Waals surface area (Å²) < 4.78 is 20.9. The zero-order valence-electron chi connectivity index (χ0n) is 12.6. The summed E-state index contributed by atoms with van der Waals surface area (Å²) >= 11 is 0. The van der Waals surface area contributed by atoms with Crippen LogP contribution in [0, 0.1) is 22.7 Å². The smallest absolute Gasteiger partial charge is 0.526 e. The SMILES string of the molecule is COc1cc(O[B]Oc2ccc(C#N)c(OC)c2)ccc1C#N. The van der Waals surface area contributed by atoms with Crippen molar-refractivity contribution in [2.75, 3.05) is 14.2 Å². The summed E-state index contributed by atoms with van der Waals surface area (Å²) in [5.74, 6) is 1.75. The van der Waals surface area contributed by atoms with Crippen molar-refractivity contribution in [1.82, 2.24) is 0 Å². The van der Waals surface area contributed by atoms with Crippen LogP contribution in [0.1, 0.15) is 11.1 Å². The molecule has 0 aliphatic rings. The van der Waals surface area contributed by atoms with E-state index in [2.05, 4.69) is 0 Å². The van der Waals surface area contributed by atoms with E-state index in [4.69, 9.17) is 29.3 Å². The Morgan fingerprint density at radius 1 is 0.783 bits per heavy atom. The van der Waals surface area contributed by atoms with Gasteiger partial charge in [0.2, 0.25) is 0 Å². The van der Waals surface area contributed by atoms with Crippen LogP contribution in [0.5, 0.6) is 23.0 Å². The number of hydrogen-bond acceptors (Lipinski definition) is 6. The second-order valence-electron chi connectivity index (χ2n) is 4.28. The molecule has 0 aliphatic carbocycles. The summed E-state index contributed by atoms with van der Waals surface area (Å²) in [6, 6.07) is 13.6. The second-order valence-corrected chi connectivity index (χ2v) is 4.28. The summed E-state index contributed by atoms with van der Waals surface area (Å²) in [5, 5.41) is 17.8. The summed E-state index contributed by atoms with van der Waals surface area (Å²) in [6.45, 7) is 0. The van der Waals surface area contributed by atoms with Gasteiger partial charge in [-0.3, -0.25) is 0 Å². The Bertz CT molecular complexity index is 715. The van der Waals surface area contributed by atoms with Gasteiger partial charge in [0.1, 0.15) is 35.1 Å². The first kappa shape index (κ1) is 16.1. The van der Waals surface area contributed by atoms with Gasteiger partial charge in [0.15, 0.2) is 0 Å². The van der Waals surface area contributed by atoms with E-state index in [9.17, 15) is 0 Å². The van der Waals surface area contributed by atoms with E-state index < -0.39 is 0 Å². The van der Waals surface area contributed by atoms with Crippen LogP contribution in [-0.2, 0) is 0 Å². The zero-order valence-corrected chi connectivity index (χ0v) is 12.6. The monoisotopic (exact) mass is 307 g/mol. The molecule has 2 aromatic rings. The highest BCUT2D eigenvalue weighted by Gasteiger charge is 2.09. The van der Waals surface area contributed by atoms with E-state index in [1.54, 1.807) is 36.4 Å². The Hall–Kier alpha value is -3.32. The first-order valence-corrected chi connectivity index (χ1v) is 6.53. The number of hydrogen-bond donors (Lipinski definition) is 0. The van der Waals surface area contributed by atoms with E-state index in [0.717, 1.165) is 7.69 Å². The molecule has 0 aliphatic heterocycles. The van der Waals surface area contributed by atoms with Gasteiger partial charge in [-0.2, -0.15) is 10.5 Å². The molecule has 2 rings (SSSR count). The fourth-order valence-corrected chi connectivity index (χ4v) is 1.81. The molecule has 1 radical (unpaired) electrons. The fraction of sp³-hybridized carbons (Fsp3) is 0.125. The largest absolute Gasteiger partial charge is 0.658 e. The molecule has 0 N–H and O–H groups in total. The molecule has 0 aromatic heterocycles. The molecule has 7 heteroatoms. The Morgan fingerprint density at radius 3 is 1.57 bits per heavy atom. The molecule has 2 aromatic carbocycles. The Balaban J connectivity index is 2.00. The van der Waals surface area contributed by atoms with E-state index in [1.165, 1.54) is 14.2 Å². The van der Waals surface area contributed by atoms with Crippen molar-refractivity contribution in [3.63, 3.8) is 0 Å². The Labute approximate surface area is 134 Å². The molecule has 0 bridgehead atoms. The van der Waals surface area contributed by atoms with Gasteiger partial charge >= 0.3 is 7.69 Å². The molecule has 0 amide bonds.